The van der Waals surface area contributed by atoms with Crippen molar-refractivity contribution < 1.29 is 9.59 Å². The zero-order chi connectivity index (χ0) is 16.9. The molecule has 24 heavy (non-hydrogen) atoms. The van der Waals surface area contributed by atoms with E-state index in [1.54, 1.807) is 6.33 Å². The Morgan fingerprint density at radius 3 is 3.04 bits per heavy atom. The fourth-order valence-electron chi connectivity index (χ4n) is 2.64. The molecular weight excluding hydrogens is 326 g/mol. The number of carbonyl (C=O) groups is 2. The van der Waals surface area contributed by atoms with Gasteiger partial charge in [-0.1, -0.05) is 36.9 Å². The van der Waals surface area contributed by atoms with Crippen LogP contribution in [0.2, 0.25) is 0 Å². The van der Waals surface area contributed by atoms with Crippen LogP contribution in [0, 0.1) is 0 Å². The molecule has 0 aliphatic carbocycles. The SMILES string of the molecule is CCc1ccccc1-n1cnnc1SCC(=O)N[C@H]1CNC(=O)C1. The first-order valence-corrected chi connectivity index (χ1v) is 8.83. The lowest BCUT2D eigenvalue weighted by molar-refractivity contribution is -0.119. The summed E-state index contributed by atoms with van der Waals surface area (Å²) in [5, 5.41) is 14.3. The normalized spacial score (nSPS) is 16.9. The van der Waals surface area contributed by atoms with E-state index in [2.05, 4.69) is 33.8 Å². The minimum Gasteiger partial charge on any atom is -0.354 e. The lowest BCUT2D eigenvalue weighted by Gasteiger charge is -2.12. The molecule has 8 heteroatoms. The predicted octanol–water partition coefficient (Wildman–Crippen LogP) is 0.926. The topological polar surface area (TPSA) is 88.9 Å². The van der Waals surface area contributed by atoms with Crippen molar-refractivity contribution in [2.75, 3.05) is 12.3 Å². The molecular formula is C16H19N5O2S. The number of nitrogens with one attached hydrogen (secondary N) is 2. The molecule has 2 N–H and O–H groups in total. The van der Waals surface area contributed by atoms with Crippen molar-refractivity contribution in [3.8, 4) is 5.69 Å². The number of para-hydroxylation sites is 1. The Kier molecular flexibility index (Phi) is 5.14. The van der Waals surface area contributed by atoms with Crippen molar-refractivity contribution in [1.82, 2.24) is 25.4 Å². The molecule has 1 aromatic heterocycles. The highest BCUT2D eigenvalue weighted by Crippen LogP contribution is 2.22. The van der Waals surface area contributed by atoms with E-state index in [4.69, 9.17) is 0 Å². The van der Waals surface area contributed by atoms with E-state index in [9.17, 15) is 9.59 Å². The summed E-state index contributed by atoms with van der Waals surface area (Å²) in [5.41, 5.74) is 2.22. The van der Waals surface area contributed by atoms with Crippen molar-refractivity contribution in [3.05, 3.63) is 36.2 Å². The second-order valence-electron chi connectivity index (χ2n) is 5.53. The first-order chi connectivity index (χ1) is 11.7. The fourth-order valence-corrected chi connectivity index (χ4v) is 3.37. The zero-order valence-electron chi connectivity index (χ0n) is 13.4. The monoisotopic (exact) mass is 345 g/mol. The summed E-state index contributed by atoms with van der Waals surface area (Å²) in [6.07, 6.45) is 2.91. The average Bonchev–Trinajstić information content (AvgIpc) is 3.21. The smallest absolute Gasteiger partial charge is 0.230 e. The van der Waals surface area contributed by atoms with Crippen LogP contribution in [-0.2, 0) is 16.0 Å². The van der Waals surface area contributed by atoms with Gasteiger partial charge in [0.15, 0.2) is 5.16 Å². The molecule has 2 heterocycles. The molecule has 0 bridgehead atoms. The predicted molar refractivity (Wildman–Crippen MR) is 91.0 cm³/mol. The molecule has 0 unspecified atom stereocenters. The second kappa shape index (κ2) is 7.48. The number of hydrogen-bond donors (Lipinski definition) is 2. The second-order valence-corrected chi connectivity index (χ2v) is 6.47. The van der Waals surface area contributed by atoms with Gasteiger partial charge in [0, 0.05) is 13.0 Å². The van der Waals surface area contributed by atoms with Gasteiger partial charge in [0.2, 0.25) is 11.8 Å². The molecule has 1 fully saturated rings. The molecule has 1 saturated heterocycles. The van der Waals surface area contributed by atoms with Gasteiger partial charge in [-0.3, -0.25) is 14.2 Å². The van der Waals surface area contributed by atoms with Gasteiger partial charge in [-0.15, -0.1) is 10.2 Å². The number of aryl methyl sites for hydroxylation is 1. The van der Waals surface area contributed by atoms with Crippen LogP contribution >= 0.6 is 11.8 Å². The lowest BCUT2D eigenvalue weighted by atomic mass is 10.1. The van der Waals surface area contributed by atoms with Crippen LogP contribution in [0.1, 0.15) is 18.9 Å². The number of carbonyl (C=O) groups excluding carboxylic acids is 2. The first kappa shape index (κ1) is 16.5. The summed E-state index contributed by atoms with van der Waals surface area (Å²) in [6, 6.07) is 7.94. The van der Waals surface area contributed by atoms with Crippen LogP contribution in [0.4, 0.5) is 0 Å². The van der Waals surface area contributed by atoms with Crippen LogP contribution in [0.3, 0.4) is 0 Å². The van der Waals surface area contributed by atoms with Crippen LogP contribution in [0.25, 0.3) is 5.69 Å². The minimum atomic E-state index is -0.121. The highest BCUT2D eigenvalue weighted by Gasteiger charge is 2.23. The standard InChI is InChI=1S/C16H19N5O2S/c1-2-11-5-3-4-6-13(11)21-10-18-20-16(21)24-9-15(23)19-12-7-14(22)17-8-12/h3-6,10,12H,2,7-9H2,1H3,(H,17,22)(H,19,23)/t12-/m1/s1. The van der Waals surface area contributed by atoms with E-state index in [1.807, 2.05) is 22.8 Å². The number of thioether (sulfide) groups is 1. The highest BCUT2D eigenvalue weighted by molar-refractivity contribution is 7.99. The molecule has 0 saturated carbocycles. The van der Waals surface area contributed by atoms with Gasteiger partial charge in [-0.25, -0.2) is 0 Å². The van der Waals surface area contributed by atoms with E-state index in [0.717, 1.165) is 12.1 Å². The summed E-state index contributed by atoms with van der Waals surface area (Å²) in [6.45, 7) is 2.59. The van der Waals surface area contributed by atoms with Crippen LogP contribution in [0.15, 0.2) is 35.7 Å². The maximum Gasteiger partial charge on any atom is 0.230 e. The van der Waals surface area contributed by atoms with Crippen molar-refractivity contribution in [1.29, 1.82) is 0 Å². The highest BCUT2D eigenvalue weighted by atomic mass is 32.2. The summed E-state index contributed by atoms with van der Waals surface area (Å²) in [4.78, 5) is 23.2. The summed E-state index contributed by atoms with van der Waals surface area (Å²) in [7, 11) is 0. The van der Waals surface area contributed by atoms with Gasteiger partial charge in [0.25, 0.3) is 0 Å². The van der Waals surface area contributed by atoms with E-state index in [-0.39, 0.29) is 23.6 Å². The zero-order valence-corrected chi connectivity index (χ0v) is 14.2. The number of rotatable bonds is 6. The number of aromatic nitrogens is 3. The molecule has 1 aromatic carbocycles. The van der Waals surface area contributed by atoms with Gasteiger partial charge < -0.3 is 10.6 Å². The average molecular weight is 345 g/mol. The third-order valence-corrected chi connectivity index (χ3v) is 4.77. The first-order valence-electron chi connectivity index (χ1n) is 7.84. The molecule has 1 atom stereocenters. The number of amides is 2. The summed E-state index contributed by atoms with van der Waals surface area (Å²) in [5.74, 6) is 0.0983. The Hall–Kier alpha value is -2.35. The molecule has 7 nitrogen and oxygen atoms in total. The molecule has 3 rings (SSSR count). The molecule has 0 radical (unpaired) electrons. The Morgan fingerprint density at radius 2 is 2.29 bits per heavy atom. The van der Waals surface area contributed by atoms with Crippen molar-refractivity contribution in [3.63, 3.8) is 0 Å². The Labute approximate surface area is 144 Å². The van der Waals surface area contributed by atoms with Crippen LogP contribution in [0.5, 0.6) is 0 Å². The summed E-state index contributed by atoms with van der Waals surface area (Å²) < 4.78 is 1.90. The quantitative estimate of drug-likeness (QED) is 0.760. The summed E-state index contributed by atoms with van der Waals surface area (Å²) >= 11 is 1.33. The minimum absolute atomic E-state index is 0.0242. The van der Waals surface area contributed by atoms with Gasteiger partial charge in [-0.05, 0) is 18.1 Å². The number of nitrogens with zero attached hydrogens (tertiary/aromatic N) is 3. The Bertz CT molecular complexity index is 746. The number of hydrogen-bond acceptors (Lipinski definition) is 5. The number of benzene rings is 1. The van der Waals surface area contributed by atoms with E-state index in [1.165, 1.54) is 17.3 Å². The third kappa shape index (κ3) is 3.76. The van der Waals surface area contributed by atoms with E-state index in [0.29, 0.717) is 18.1 Å². The fraction of sp³-hybridized carbons (Fsp3) is 0.375. The molecule has 1 aliphatic heterocycles. The molecule has 2 aromatic rings. The molecule has 126 valence electrons. The van der Waals surface area contributed by atoms with Gasteiger partial charge in [0.1, 0.15) is 6.33 Å². The Balaban J connectivity index is 1.63. The van der Waals surface area contributed by atoms with E-state index >= 15 is 0 Å². The Morgan fingerprint density at radius 1 is 1.46 bits per heavy atom. The van der Waals surface area contributed by atoms with Crippen LogP contribution in [-0.4, -0.2) is 44.9 Å². The van der Waals surface area contributed by atoms with Crippen molar-refractivity contribution in [2.45, 2.75) is 31.0 Å². The van der Waals surface area contributed by atoms with Gasteiger partial charge >= 0.3 is 0 Å². The maximum absolute atomic E-state index is 12.0. The van der Waals surface area contributed by atoms with Crippen molar-refractivity contribution in [2.24, 2.45) is 0 Å². The van der Waals surface area contributed by atoms with Crippen LogP contribution < -0.4 is 10.6 Å². The molecule has 2 amide bonds. The lowest BCUT2D eigenvalue weighted by Crippen LogP contribution is -2.37. The van der Waals surface area contributed by atoms with Crippen molar-refractivity contribution >= 4 is 23.6 Å². The maximum atomic E-state index is 12.0. The molecule has 1 aliphatic rings. The van der Waals surface area contributed by atoms with Gasteiger partial charge in [-0.2, -0.15) is 0 Å². The van der Waals surface area contributed by atoms with Gasteiger partial charge in [0.05, 0.1) is 17.5 Å². The largest absolute Gasteiger partial charge is 0.354 e. The molecule has 0 spiro atoms. The van der Waals surface area contributed by atoms with E-state index < -0.39 is 0 Å². The third-order valence-electron chi connectivity index (χ3n) is 3.82.